The Hall–Kier alpha value is -1.58. The molecule has 102 valence electrons. The Morgan fingerprint density at radius 3 is 2.74 bits per heavy atom. The number of nitrogens with one attached hydrogen (secondary N) is 1. The summed E-state index contributed by atoms with van der Waals surface area (Å²) < 4.78 is 0. The van der Waals surface area contributed by atoms with Crippen LogP contribution in [0.5, 0.6) is 5.75 Å². The van der Waals surface area contributed by atoms with Crippen LogP contribution in [0.4, 0.5) is 0 Å². The topological polar surface area (TPSA) is 52.5 Å². The second-order valence-electron chi connectivity index (χ2n) is 4.95. The molecule has 0 bridgehead atoms. The quantitative estimate of drug-likeness (QED) is 0.699. The first-order valence-electron chi connectivity index (χ1n) is 6.77. The van der Waals surface area contributed by atoms with E-state index in [1.54, 1.807) is 13.0 Å². The monoisotopic (exact) mass is 259 g/mol. The molecule has 19 heavy (non-hydrogen) atoms. The average molecular weight is 259 g/mol. The third-order valence-corrected chi connectivity index (χ3v) is 3.29. The van der Waals surface area contributed by atoms with E-state index >= 15 is 0 Å². The van der Waals surface area contributed by atoms with Crippen molar-refractivity contribution in [2.45, 2.75) is 32.4 Å². The molecule has 0 saturated carbocycles. The van der Waals surface area contributed by atoms with Crippen molar-refractivity contribution in [2.24, 2.45) is 0 Å². The highest BCUT2D eigenvalue weighted by Crippen LogP contribution is 2.26. The summed E-state index contributed by atoms with van der Waals surface area (Å²) in [6.45, 7) is 3.29. The molecule has 1 unspecified atom stereocenters. The lowest BCUT2D eigenvalue weighted by molar-refractivity contribution is 0.181. The van der Waals surface area contributed by atoms with Gasteiger partial charge < -0.3 is 15.5 Å². The Bertz CT molecular complexity index is 537. The highest BCUT2D eigenvalue weighted by atomic mass is 16.3. The standard InChI is InChI=1S/C16H21NO2/c1-12(18)5-4-10-17-11-15-14-7-3-2-6-13(14)8-9-16(15)19/h2-3,6-9,12,17-19H,4-5,10-11H2,1H3. The molecule has 0 heterocycles. The second kappa shape index (κ2) is 6.55. The van der Waals surface area contributed by atoms with Crippen LogP contribution in [0.3, 0.4) is 0 Å². The van der Waals surface area contributed by atoms with Crippen molar-refractivity contribution in [3.63, 3.8) is 0 Å². The predicted octanol–water partition coefficient (Wildman–Crippen LogP) is 2.80. The molecule has 3 nitrogen and oxygen atoms in total. The predicted molar refractivity (Wildman–Crippen MR) is 78.2 cm³/mol. The van der Waals surface area contributed by atoms with Gasteiger partial charge in [-0.25, -0.2) is 0 Å². The Morgan fingerprint density at radius 2 is 1.95 bits per heavy atom. The fourth-order valence-electron chi connectivity index (χ4n) is 2.25. The summed E-state index contributed by atoms with van der Waals surface area (Å²) in [5, 5.41) is 24.7. The number of hydrogen-bond acceptors (Lipinski definition) is 3. The molecule has 0 fully saturated rings. The average Bonchev–Trinajstić information content (AvgIpc) is 2.40. The third kappa shape index (κ3) is 3.69. The van der Waals surface area contributed by atoms with Crippen LogP contribution in [0.15, 0.2) is 36.4 Å². The number of aromatic hydroxyl groups is 1. The van der Waals surface area contributed by atoms with Crippen LogP contribution < -0.4 is 5.32 Å². The highest BCUT2D eigenvalue weighted by Gasteiger charge is 2.06. The van der Waals surface area contributed by atoms with Crippen LogP contribution in [0.25, 0.3) is 10.8 Å². The first-order chi connectivity index (χ1) is 9.18. The maximum absolute atomic E-state index is 9.97. The van der Waals surface area contributed by atoms with Crippen molar-refractivity contribution in [2.75, 3.05) is 6.54 Å². The zero-order chi connectivity index (χ0) is 13.7. The van der Waals surface area contributed by atoms with Gasteiger partial charge in [-0.1, -0.05) is 30.3 Å². The minimum Gasteiger partial charge on any atom is -0.508 e. The summed E-state index contributed by atoms with van der Waals surface area (Å²) in [7, 11) is 0. The Kier molecular flexibility index (Phi) is 4.77. The van der Waals surface area contributed by atoms with Gasteiger partial charge in [-0.05, 0) is 43.1 Å². The molecular formula is C16H21NO2. The molecule has 1 atom stereocenters. The van der Waals surface area contributed by atoms with Gasteiger partial charge in [0.25, 0.3) is 0 Å². The van der Waals surface area contributed by atoms with E-state index in [2.05, 4.69) is 5.32 Å². The molecule has 0 aromatic heterocycles. The summed E-state index contributed by atoms with van der Waals surface area (Å²) in [5.74, 6) is 0.335. The number of rotatable bonds is 6. The molecule has 0 aliphatic carbocycles. The van der Waals surface area contributed by atoms with E-state index in [4.69, 9.17) is 0 Å². The summed E-state index contributed by atoms with van der Waals surface area (Å²) in [5.41, 5.74) is 0.940. The normalized spacial score (nSPS) is 12.7. The number of fused-ring (bicyclic) bond motifs is 1. The molecular weight excluding hydrogens is 238 g/mol. The van der Waals surface area contributed by atoms with E-state index in [9.17, 15) is 10.2 Å². The van der Waals surface area contributed by atoms with E-state index in [1.807, 2.05) is 30.3 Å². The molecule has 3 heteroatoms. The van der Waals surface area contributed by atoms with Gasteiger partial charge in [0, 0.05) is 12.1 Å². The first kappa shape index (κ1) is 13.8. The van der Waals surface area contributed by atoms with Crippen LogP contribution in [0.2, 0.25) is 0 Å². The molecule has 0 saturated heterocycles. The number of phenolic OH excluding ortho intramolecular Hbond substituents is 1. The zero-order valence-electron chi connectivity index (χ0n) is 11.3. The molecule has 0 spiro atoms. The largest absolute Gasteiger partial charge is 0.508 e. The molecule has 0 amide bonds. The van der Waals surface area contributed by atoms with Crippen LogP contribution in [0.1, 0.15) is 25.3 Å². The lowest BCUT2D eigenvalue weighted by Gasteiger charge is -2.11. The smallest absolute Gasteiger partial charge is 0.120 e. The van der Waals surface area contributed by atoms with E-state index in [1.165, 1.54) is 0 Å². The van der Waals surface area contributed by atoms with Crippen LogP contribution in [-0.4, -0.2) is 22.9 Å². The molecule has 2 aromatic carbocycles. The maximum atomic E-state index is 9.97. The number of hydrogen-bond donors (Lipinski definition) is 3. The number of phenols is 1. The second-order valence-corrected chi connectivity index (χ2v) is 4.95. The summed E-state index contributed by atoms with van der Waals surface area (Å²) >= 11 is 0. The number of benzene rings is 2. The van der Waals surface area contributed by atoms with Crippen molar-refractivity contribution in [3.05, 3.63) is 42.0 Å². The molecule has 0 aliphatic heterocycles. The molecule has 2 aromatic rings. The summed E-state index contributed by atoms with van der Waals surface area (Å²) in [6, 6.07) is 11.7. The summed E-state index contributed by atoms with van der Waals surface area (Å²) in [6.07, 6.45) is 1.49. The summed E-state index contributed by atoms with van der Waals surface area (Å²) in [4.78, 5) is 0. The van der Waals surface area contributed by atoms with Crippen molar-refractivity contribution < 1.29 is 10.2 Å². The number of aliphatic hydroxyl groups is 1. The molecule has 3 N–H and O–H groups in total. The fourth-order valence-corrected chi connectivity index (χ4v) is 2.25. The van der Waals surface area contributed by atoms with Gasteiger partial charge in [0.2, 0.25) is 0 Å². The third-order valence-electron chi connectivity index (χ3n) is 3.29. The minimum absolute atomic E-state index is 0.243. The Morgan fingerprint density at radius 1 is 1.16 bits per heavy atom. The SMILES string of the molecule is CC(O)CCCNCc1c(O)ccc2ccccc12. The van der Waals surface area contributed by atoms with Gasteiger partial charge in [0.15, 0.2) is 0 Å². The molecule has 0 aliphatic rings. The Balaban J connectivity index is 2.01. The zero-order valence-corrected chi connectivity index (χ0v) is 11.3. The van der Waals surface area contributed by atoms with Gasteiger partial charge in [-0.3, -0.25) is 0 Å². The van der Waals surface area contributed by atoms with Crippen molar-refractivity contribution in [1.82, 2.24) is 5.32 Å². The van der Waals surface area contributed by atoms with Crippen molar-refractivity contribution in [1.29, 1.82) is 0 Å². The number of aliphatic hydroxyl groups excluding tert-OH is 1. The minimum atomic E-state index is -0.243. The van der Waals surface area contributed by atoms with Gasteiger partial charge in [0.1, 0.15) is 5.75 Å². The maximum Gasteiger partial charge on any atom is 0.120 e. The van der Waals surface area contributed by atoms with Crippen LogP contribution in [0, 0.1) is 0 Å². The van der Waals surface area contributed by atoms with Crippen LogP contribution >= 0.6 is 0 Å². The van der Waals surface area contributed by atoms with Gasteiger partial charge in [-0.15, -0.1) is 0 Å². The van der Waals surface area contributed by atoms with E-state index in [0.717, 1.165) is 35.7 Å². The van der Waals surface area contributed by atoms with E-state index in [0.29, 0.717) is 12.3 Å². The van der Waals surface area contributed by atoms with Gasteiger partial charge in [0.05, 0.1) is 6.10 Å². The Labute approximate surface area is 113 Å². The lowest BCUT2D eigenvalue weighted by atomic mass is 10.0. The molecule has 0 radical (unpaired) electrons. The van der Waals surface area contributed by atoms with E-state index < -0.39 is 0 Å². The lowest BCUT2D eigenvalue weighted by Crippen LogP contribution is -2.16. The van der Waals surface area contributed by atoms with Crippen LogP contribution in [-0.2, 0) is 6.54 Å². The highest BCUT2D eigenvalue weighted by molar-refractivity contribution is 5.87. The van der Waals surface area contributed by atoms with Gasteiger partial charge in [-0.2, -0.15) is 0 Å². The van der Waals surface area contributed by atoms with Crippen molar-refractivity contribution >= 4 is 10.8 Å². The first-order valence-corrected chi connectivity index (χ1v) is 6.77. The van der Waals surface area contributed by atoms with Crippen molar-refractivity contribution in [3.8, 4) is 5.75 Å². The fraction of sp³-hybridized carbons (Fsp3) is 0.375. The van der Waals surface area contributed by atoms with E-state index in [-0.39, 0.29) is 6.10 Å². The van der Waals surface area contributed by atoms with Gasteiger partial charge >= 0.3 is 0 Å². The molecule has 2 rings (SSSR count).